The number of halogens is 1. The van der Waals surface area contributed by atoms with Crippen molar-refractivity contribution in [2.75, 3.05) is 0 Å². The third-order valence-electron chi connectivity index (χ3n) is 2.71. The fourth-order valence-corrected chi connectivity index (χ4v) is 3.91. The SMILES string of the molecule is CC(NS(=O)(=O)c1cc(CN)oc1Br)c1cccnc1. The van der Waals surface area contributed by atoms with Gasteiger partial charge in [-0.25, -0.2) is 13.1 Å². The molecule has 1 unspecified atom stereocenters. The van der Waals surface area contributed by atoms with Gasteiger partial charge in [0.05, 0.1) is 6.54 Å². The molecule has 0 aliphatic rings. The highest BCUT2D eigenvalue weighted by atomic mass is 79.9. The number of nitrogens with zero attached hydrogens (tertiary/aromatic N) is 1. The number of hydrogen-bond acceptors (Lipinski definition) is 5. The average Bonchev–Trinajstić information content (AvgIpc) is 2.81. The first-order valence-corrected chi connectivity index (χ1v) is 8.12. The maximum Gasteiger partial charge on any atom is 0.245 e. The highest BCUT2D eigenvalue weighted by Crippen LogP contribution is 2.27. The lowest BCUT2D eigenvalue weighted by Gasteiger charge is -2.13. The first kappa shape index (κ1) is 15.2. The quantitative estimate of drug-likeness (QED) is 0.849. The number of sulfonamides is 1. The summed E-state index contributed by atoms with van der Waals surface area (Å²) in [5.74, 6) is 0.395. The lowest BCUT2D eigenvalue weighted by molar-refractivity contribution is 0.483. The van der Waals surface area contributed by atoms with Gasteiger partial charge in [-0.3, -0.25) is 4.98 Å². The van der Waals surface area contributed by atoms with Crippen molar-refractivity contribution in [2.45, 2.75) is 24.4 Å². The highest BCUT2D eigenvalue weighted by molar-refractivity contribution is 9.10. The molecule has 0 saturated carbocycles. The van der Waals surface area contributed by atoms with Gasteiger partial charge in [-0.05, 0) is 34.5 Å². The lowest BCUT2D eigenvalue weighted by Crippen LogP contribution is -2.26. The van der Waals surface area contributed by atoms with Crippen LogP contribution in [0.5, 0.6) is 0 Å². The predicted octanol–water partition coefficient (Wildman–Crippen LogP) is 1.94. The van der Waals surface area contributed by atoms with E-state index in [1.807, 2.05) is 0 Å². The molecule has 0 spiro atoms. The van der Waals surface area contributed by atoms with Gasteiger partial charge in [-0.15, -0.1) is 0 Å². The Bertz CT molecular complexity index is 685. The Balaban J connectivity index is 2.25. The van der Waals surface area contributed by atoms with Gasteiger partial charge in [0.15, 0.2) is 4.67 Å². The van der Waals surface area contributed by atoms with Crippen LogP contribution in [0.15, 0.2) is 44.6 Å². The van der Waals surface area contributed by atoms with Gasteiger partial charge in [0.25, 0.3) is 0 Å². The van der Waals surface area contributed by atoms with Gasteiger partial charge >= 0.3 is 0 Å². The van der Waals surface area contributed by atoms with Crippen LogP contribution >= 0.6 is 15.9 Å². The molecule has 0 aliphatic carbocycles. The number of nitrogens with one attached hydrogen (secondary N) is 1. The van der Waals surface area contributed by atoms with Crippen molar-refractivity contribution >= 4 is 26.0 Å². The van der Waals surface area contributed by atoms with Crippen LogP contribution in [0.2, 0.25) is 0 Å². The Hall–Kier alpha value is -1.22. The zero-order chi connectivity index (χ0) is 14.8. The van der Waals surface area contributed by atoms with Gasteiger partial charge in [-0.2, -0.15) is 0 Å². The Kier molecular flexibility index (Phi) is 4.59. The predicted molar refractivity (Wildman–Crippen MR) is 77.3 cm³/mol. The Morgan fingerprint density at radius 2 is 2.30 bits per heavy atom. The van der Waals surface area contributed by atoms with Crippen molar-refractivity contribution in [1.29, 1.82) is 0 Å². The van der Waals surface area contributed by atoms with E-state index in [4.69, 9.17) is 10.2 Å². The van der Waals surface area contributed by atoms with E-state index in [2.05, 4.69) is 25.6 Å². The number of furan rings is 1. The summed E-state index contributed by atoms with van der Waals surface area (Å²) in [5, 5.41) is 0. The van der Waals surface area contributed by atoms with E-state index < -0.39 is 16.1 Å². The van der Waals surface area contributed by atoms with E-state index in [9.17, 15) is 8.42 Å². The second kappa shape index (κ2) is 6.04. The van der Waals surface area contributed by atoms with Crippen LogP contribution in [0.4, 0.5) is 0 Å². The summed E-state index contributed by atoms with van der Waals surface area (Å²) in [4.78, 5) is 4.00. The van der Waals surface area contributed by atoms with Crippen LogP contribution in [-0.4, -0.2) is 13.4 Å². The van der Waals surface area contributed by atoms with Crippen molar-refractivity contribution in [1.82, 2.24) is 9.71 Å². The van der Waals surface area contributed by atoms with Crippen LogP contribution in [-0.2, 0) is 16.6 Å². The topological polar surface area (TPSA) is 98.2 Å². The van der Waals surface area contributed by atoms with Crippen LogP contribution in [0.1, 0.15) is 24.3 Å². The second-order valence-electron chi connectivity index (χ2n) is 4.18. The number of nitrogens with two attached hydrogens (primary N) is 1. The summed E-state index contributed by atoms with van der Waals surface area (Å²) < 4.78 is 32.5. The van der Waals surface area contributed by atoms with E-state index in [0.717, 1.165) is 5.56 Å². The van der Waals surface area contributed by atoms with E-state index in [-0.39, 0.29) is 16.1 Å². The van der Waals surface area contributed by atoms with Gasteiger partial charge in [-0.1, -0.05) is 6.07 Å². The summed E-state index contributed by atoms with van der Waals surface area (Å²) in [7, 11) is -3.70. The third-order valence-corrected chi connectivity index (χ3v) is 5.11. The Morgan fingerprint density at radius 3 is 2.85 bits per heavy atom. The average molecular weight is 360 g/mol. The zero-order valence-electron chi connectivity index (χ0n) is 10.7. The maximum atomic E-state index is 12.3. The van der Waals surface area contributed by atoms with Crippen LogP contribution in [0.25, 0.3) is 0 Å². The highest BCUT2D eigenvalue weighted by Gasteiger charge is 2.24. The van der Waals surface area contributed by atoms with Crippen molar-refractivity contribution in [3.05, 3.63) is 46.6 Å². The van der Waals surface area contributed by atoms with Crippen molar-refractivity contribution in [3.63, 3.8) is 0 Å². The standard InChI is InChI=1S/C12H14BrN3O3S/c1-8(9-3-2-4-15-7-9)16-20(17,18)11-5-10(6-14)19-12(11)13/h2-5,7-8,16H,6,14H2,1H3. The summed E-state index contributed by atoms with van der Waals surface area (Å²) in [5.41, 5.74) is 6.20. The minimum absolute atomic E-state index is 0.0358. The molecule has 6 nitrogen and oxygen atoms in total. The smallest absolute Gasteiger partial charge is 0.245 e. The fraction of sp³-hybridized carbons (Fsp3) is 0.250. The molecule has 2 aromatic heterocycles. The molecule has 0 amide bonds. The minimum Gasteiger partial charge on any atom is -0.452 e. The maximum absolute atomic E-state index is 12.3. The minimum atomic E-state index is -3.70. The third kappa shape index (κ3) is 3.26. The molecule has 1 atom stereocenters. The number of rotatable bonds is 5. The lowest BCUT2D eigenvalue weighted by atomic mass is 10.2. The molecule has 2 aromatic rings. The zero-order valence-corrected chi connectivity index (χ0v) is 13.1. The van der Waals surface area contributed by atoms with E-state index in [1.165, 1.54) is 6.07 Å². The van der Waals surface area contributed by atoms with E-state index in [1.54, 1.807) is 31.5 Å². The first-order chi connectivity index (χ1) is 9.44. The molecule has 2 rings (SSSR count). The molecular weight excluding hydrogens is 346 g/mol. The normalized spacial score (nSPS) is 13.3. The monoisotopic (exact) mass is 359 g/mol. The molecule has 3 N–H and O–H groups in total. The molecular formula is C12H14BrN3O3S. The van der Waals surface area contributed by atoms with Gasteiger partial charge < -0.3 is 10.2 Å². The largest absolute Gasteiger partial charge is 0.452 e. The molecule has 0 saturated heterocycles. The molecule has 108 valence electrons. The Morgan fingerprint density at radius 1 is 1.55 bits per heavy atom. The molecule has 0 bridgehead atoms. The summed E-state index contributed by atoms with van der Waals surface area (Å²) >= 11 is 3.09. The molecule has 8 heteroatoms. The van der Waals surface area contributed by atoms with Crippen molar-refractivity contribution in [2.24, 2.45) is 5.73 Å². The molecule has 0 aromatic carbocycles. The van der Waals surface area contributed by atoms with E-state index in [0.29, 0.717) is 5.76 Å². The second-order valence-corrected chi connectivity index (χ2v) is 6.59. The van der Waals surface area contributed by atoms with Crippen LogP contribution in [0.3, 0.4) is 0 Å². The molecule has 0 aliphatic heterocycles. The Labute approximate surface area is 125 Å². The molecule has 2 heterocycles. The van der Waals surface area contributed by atoms with Crippen LogP contribution in [0, 0.1) is 0 Å². The number of aromatic nitrogens is 1. The first-order valence-electron chi connectivity index (χ1n) is 5.84. The van der Waals surface area contributed by atoms with E-state index >= 15 is 0 Å². The fourth-order valence-electron chi connectivity index (χ4n) is 1.68. The van der Waals surface area contributed by atoms with Crippen LogP contribution < -0.4 is 10.5 Å². The number of hydrogen-bond donors (Lipinski definition) is 2. The summed E-state index contributed by atoms with van der Waals surface area (Å²) in [6.07, 6.45) is 3.24. The van der Waals surface area contributed by atoms with Gasteiger partial charge in [0, 0.05) is 24.5 Å². The van der Waals surface area contributed by atoms with Gasteiger partial charge in [0.1, 0.15) is 10.7 Å². The van der Waals surface area contributed by atoms with Gasteiger partial charge in [0.2, 0.25) is 10.0 Å². The molecule has 0 fully saturated rings. The number of pyridine rings is 1. The molecule has 20 heavy (non-hydrogen) atoms. The van der Waals surface area contributed by atoms with Crippen molar-refractivity contribution in [3.8, 4) is 0 Å². The van der Waals surface area contributed by atoms with Crippen molar-refractivity contribution < 1.29 is 12.8 Å². The summed E-state index contributed by atoms with van der Waals surface area (Å²) in [6.45, 7) is 1.87. The molecule has 0 radical (unpaired) electrons. The summed E-state index contributed by atoms with van der Waals surface area (Å²) in [6, 6.07) is 4.55.